The van der Waals surface area contributed by atoms with Crippen molar-refractivity contribution < 1.29 is 14.7 Å². The molecule has 2 N–H and O–H groups in total. The van der Waals surface area contributed by atoms with Crippen LogP contribution in [0.3, 0.4) is 0 Å². The first-order valence-electron chi connectivity index (χ1n) is 6.86. The first kappa shape index (κ1) is 15.1. The van der Waals surface area contributed by atoms with Crippen molar-refractivity contribution >= 4 is 17.5 Å². The molecule has 21 heavy (non-hydrogen) atoms. The van der Waals surface area contributed by atoms with E-state index in [1.165, 1.54) is 4.90 Å². The van der Waals surface area contributed by atoms with Gasteiger partial charge >= 0.3 is 11.8 Å². The lowest BCUT2D eigenvalue weighted by Crippen LogP contribution is -2.38. The van der Waals surface area contributed by atoms with E-state index in [-0.39, 0.29) is 5.92 Å². The Morgan fingerprint density at radius 2 is 2.29 bits per heavy atom. The highest BCUT2D eigenvalue weighted by molar-refractivity contribution is 6.39. The molecule has 1 fully saturated rings. The molecular formula is C16H18N2O3. The Bertz CT molecular complexity index is 589. The molecule has 0 spiro atoms. The number of hydrogen-bond acceptors (Lipinski definition) is 3. The third-order valence-corrected chi connectivity index (χ3v) is 3.68. The third-order valence-electron chi connectivity index (χ3n) is 3.68. The highest BCUT2D eigenvalue weighted by Crippen LogP contribution is 2.20. The van der Waals surface area contributed by atoms with Gasteiger partial charge in [0.15, 0.2) is 0 Å². The average Bonchev–Trinajstić information content (AvgIpc) is 2.96. The van der Waals surface area contributed by atoms with Crippen LogP contribution in [0.5, 0.6) is 0 Å². The van der Waals surface area contributed by atoms with E-state index in [9.17, 15) is 14.7 Å². The third kappa shape index (κ3) is 3.61. The maximum Gasteiger partial charge on any atom is 0.313 e. The second kappa shape index (κ2) is 6.42. The van der Waals surface area contributed by atoms with Crippen LogP contribution in [-0.4, -0.2) is 41.0 Å². The topological polar surface area (TPSA) is 69.6 Å². The van der Waals surface area contributed by atoms with Crippen LogP contribution in [0.4, 0.5) is 5.69 Å². The highest BCUT2D eigenvalue weighted by Gasteiger charge is 2.32. The fraction of sp³-hybridized carbons (Fsp3) is 0.375. The predicted molar refractivity (Wildman–Crippen MR) is 79.4 cm³/mol. The van der Waals surface area contributed by atoms with Crippen molar-refractivity contribution in [1.82, 2.24) is 4.90 Å². The van der Waals surface area contributed by atoms with E-state index in [0.29, 0.717) is 30.8 Å². The summed E-state index contributed by atoms with van der Waals surface area (Å²) >= 11 is 0. The molecule has 0 bridgehead atoms. The van der Waals surface area contributed by atoms with Gasteiger partial charge in [0, 0.05) is 30.3 Å². The molecule has 1 aliphatic heterocycles. The van der Waals surface area contributed by atoms with Crippen LogP contribution >= 0.6 is 0 Å². The van der Waals surface area contributed by atoms with Crippen molar-refractivity contribution in [3.05, 3.63) is 29.8 Å². The van der Waals surface area contributed by atoms with Crippen molar-refractivity contribution in [2.45, 2.75) is 19.4 Å². The maximum absolute atomic E-state index is 12.1. The monoisotopic (exact) mass is 286 g/mol. The Labute approximate surface area is 124 Å². The zero-order valence-electron chi connectivity index (χ0n) is 11.9. The number of nitrogens with one attached hydrogen (secondary N) is 1. The highest BCUT2D eigenvalue weighted by atomic mass is 16.3. The Balaban J connectivity index is 1.97. The van der Waals surface area contributed by atoms with Gasteiger partial charge in [0.05, 0.1) is 6.10 Å². The van der Waals surface area contributed by atoms with Crippen LogP contribution in [0, 0.1) is 18.3 Å². The van der Waals surface area contributed by atoms with Gasteiger partial charge in [-0.25, -0.2) is 0 Å². The number of carbonyl (C=O) groups is 2. The standard InChI is InChI=1S/C16H18N2O3/c1-3-12-5-4-6-14(9-12)17-15(20)16(21)18-8-7-13(10-18)11(2)19/h1,4-6,9,11,13,19H,7-8,10H2,2H3,(H,17,20). The van der Waals surface area contributed by atoms with Crippen molar-refractivity contribution in [3.63, 3.8) is 0 Å². The smallest absolute Gasteiger partial charge is 0.313 e. The zero-order valence-corrected chi connectivity index (χ0v) is 11.9. The van der Waals surface area contributed by atoms with E-state index in [1.54, 1.807) is 31.2 Å². The predicted octanol–water partition coefficient (Wildman–Crippen LogP) is 0.836. The molecule has 1 heterocycles. The van der Waals surface area contributed by atoms with Crippen molar-refractivity contribution in [3.8, 4) is 12.3 Å². The summed E-state index contributed by atoms with van der Waals surface area (Å²) in [5.74, 6) is 1.24. The van der Waals surface area contributed by atoms with Crippen molar-refractivity contribution in [1.29, 1.82) is 0 Å². The molecular weight excluding hydrogens is 268 g/mol. The van der Waals surface area contributed by atoms with Crippen LogP contribution in [0.25, 0.3) is 0 Å². The van der Waals surface area contributed by atoms with Crippen LogP contribution < -0.4 is 5.32 Å². The minimum atomic E-state index is -0.685. The summed E-state index contributed by atoms with van der Waals surface area (Å²) in [6.45, 7) is 2.60. The van der Waals surface area contributed by atoms with Gasteiger partial charge < -0.3 is 15.3 Å². The lowest BCUT2D eigenvalue weighted by molar-refractivity contribution is -0.142. The molecule has 2 amide bonds. The lowest BCUT2D eigenvalue weighted by Gasteiger charge is -2.17. The Kier molecular flexibility index (Phi) is 4.61. The second-order valence-corrected chi connectivity index (χ2v) is 5.22. The van der Waals surface area contributed by atoms with Crippen molar-refractivity contribution in [2.24, 2.45) is 5.92 Å². The van der Waals surface area contributed by atoms with E-state index >= 15 is 0 Å². The molecule has 1 aliphatic rings. The maximum atomic E-state index is 12.1. The number of hydrogen-bond donors (Lipinski definition) is 2. The summed E-state index contributed by atoms with van der Waals surface area (Å²) in [5, 5.41) is 12.1. The van der Waals surface area contributed by atoms with E-state index < -0.39 is 17.9 Å². The number of anilines is 1. The average molecular weight is 286 g/mol. The summed E-state index contributed by atoms with van der Waals surface area (Å²) in [7, 11) is 0. The number of rotatable bonds is 2. The van der Waals surface area contributed by atoms with Crippen molar-refractivity contribution in [2.75, 3.05) is 18.4 Å². The van der Waals surface area contributed by atoms with E-state index in [0.717, 1.165) is 0 Å². The largest absolute Gasteiger partial charge is 0.393 e. The van der Waals surface area contributed by atoms with Gasteiger partial charge in [0.1, 0.15) is 0 Å². The molecule has 2 unspecified atom stereocenters. The van der Waals surface area contributed by atoms with Gasteiger partial charge in [-0.2, -0.15) is 0 Å². The summed E-state index contributed by atoms with van der Waals surface area (Å²) in [5.41, 5.74) is 1.13. The van der Waals surface area contributed by atoms with Gasteiger partial charge in [0.25, 0.3) is 0 Å². The normalized spacial score (nSPS) is 18.9. The van der Waals surface area contributed by atoms with Crippen LogP contribution in [-0.2, 0) is 9.59 Å². The van der Waals surface area contributed by atoms with E-state index in [1.807, 2.05) is 0 Å². The molecule has 5 nitrogen and oxygen atoms in total. The minimum absolute atomic E-state index is 0.0338. The molecule has 5 heteroatoms. The van der Waals surface area contributed by atoms with Gasteiger partial charge in [-0.15, -0.1) is 6.42 Å². The van der Waals surface area contributed by atoms with Gasteiger partial charge in [-0.05, 0) is 31.5 Å². The van der Waals surface area contributed by atoms with Gasteiger partial charge in [0.2, 0.25) is 0 Å². The number of aliphatic hydroxyl groups excluding tert-OH is 1. The zero-order chi connectivity index (χ0) is 15.4. The number of nitrogens with zero attached hydrogens (tertiary/aromatic N) is 1. The van der Waals surface area contributed by atoms with Crippen LogP contribution in [0.15, 0.2) is 24.3 Å². The molecule has 0 saturated carbocycles. The number of amides is 2. The van der Waals surface area contributed by atoms with Crippen LogP contribution in [0.1, 0.15) is 18.9 Å². The SMILES string of the molecule is C#Cc1cccc(NC(=O)C(=O)N2CCC(C(C)O)C2)c1. The molecule has 0 aliphatic carbocycles. The molecule has 1 aromatic rings. The van der Waals surface area contributed by atoms with Gasteiger partial charge in [-0.1, -0.05) is 12.0 Å². The number of terminal acetylenes is 1. The summed E-state index contributed by atoms with van der Waals surface area (Å²) < 4.78 is 0. The van der Waals surface area contributed by atoms with E-state index in [4.69, 9.17) is 6.42 Å². The van der Waals surface area contributed by atoms with Crippen LogP contribution in [0.2, 0.25) is 0 Å². The fourth-order valence-corrected chi connectivity index (χ4v) is 2.38. The fourth-order valence-electron chi connectivity index (χ4n) is 2.38. The molecule has 2 rings (SSSR count). The molecule has 1 aromatic carbocycles. The molecule has 0 radical (unpaired) electrons. The molecule has 110 valence electrons. The second-order valence-electron chi connectivity index (χ2n) is 5.22. The Morgan fingerprint density at radius 1 is 1.52 bits per heavy atom. The summed E-state index contributed by atoms with van der Waals surface area (Å²) in [6.07, 6.45) is 5.53. The quantitative estimate of drug-likeness (QED) is 0.625. The summed E-state index contributed by atoms with van der Waals surface area (Å²) in [6, 6.07) is 6.77. The Morgan fingerprint density at radius 3 is 2.90 bits per heavy atom. The first-order valence-corrected chi connectivity index (χ1v) is 6.86. The number of carbonyl (C=O) groups excluding carboxylic acids is 2. The molecule has 2 atom stereocenters. The number of aliphatic hydroxyl groups is 1. The van der Waals surface area contributed by atoms with Gasteiger partial charge in [-0.3, -0.25) is 9.59 Å². The first-order chi connectivity index (χ1) is 10.0. The number of benzene rings is 1. The Hall–Kier alpha value is -2.32. The minimum Gasteiger partial charge on any atom is -0.393 e. The molecule has 1 saturated heterocycles. The number of likely N-dealkylation sites (tertiary alicyclic amines) is 1. The van der Waals surface area contributed by atoms with E-state index in [2.05, 4.69) is 11.2 Å². The lowest BCUT2D eigenvalue weighted by atomic mass is 10.0. The molecule has 0 aromatic heterocycles. The summed E-state index contributed by atoms with van der Waals surface area (Å²) in [4.78, 5) is 25.5.